The van der Waals surface area contributed by atoms with Crippen molar-refractivity contribution in [2.75, 3.05) is 9.71 Å². The van der Waals surface area contributed by atoms with Gasteiger partial charge in [0.25, 0.3) is 0 Å². The van der Waals surface area contributed by atoms with Crippen LogP contribution in [-0.4, -0.2) is 12.4 Å². The Hall–Kier alpha value is -5.22. The molecule has 7 aromatic rings. The lowest BCUT2D eigenvalue weighted by Crippen LogP contribution is -2.64. The van der Waals surface area contributed by atoms with Crippen LogP contribution >= 0.6 is 0 Å². The maximum absolute atomic E-state index is 6.95. The van der Waals surface area contributed by atoms with Crippen molar-refractivity contribution in [3.8, 4) is 22.3 Å². The van der Waals surface area contributed by atoms with Crippen LogP contribution in [0, 0.1) is 6.92 Å². The van der Waals surface area contributed by atoms with Crippen LogP contribution in [0.4, 0.5) is 22.7 Å². The van der Waals surface area contributed by atoms with Crippen LogP contribution in [0.1, 0.15) is 76.0 Å². The fourth-order valence-electron chi connectivity index (χ4n) is 11.1. The molecule has 4 heterocycles. The molecule has 0 N–H and O–H groups in total. The maximum atomic E-state index is 6.95. The Balaban J connectivity index is 1.30. The van der Waals surface area contributed by atoms with E-state index in [-0.39, 0.29) is 17.8 Å². The fraction of sp³-hybridized carbons (Fsp3) is 0.265. The summed E-state index contributed by atoms with van der Waals surface area (Å²) in [5, 5.41) is 2.35. The van der Waals surface area contributed by atoms with E-state index in [0.717, 1.165) is 17.6 Å². The van der Waals surface area contributed by atoms with E-state index in [1.165, 1.54) is 116 Å². The van der Waals surface area contributed by atoms with E-state index in [9.17, 15) is 0 Å². The van der Waals surface area contributed by atoms with Crippen LogP contribution in [0.2, 0.25) is 0 Å². The molecule has 4 heteroatoms. The number of unbranched alkanes of at least 4 members (excludes halogenated alkanes) is 1. The molecule has 2 atom stereocenters. The second-order valence-corrected chi connectivity index (χ2v) is 16.7. The average Bonchev–Trinajstić information content (AvgIpc) is 3.66. The Morgan fingerprint density at radius 3 is 2.40 bits per heavy atom. The minimum atomic E-state index is -0.0172. The summed E-state index contributed by atoms with van der Waals surface area (Å²) in [6.07, 6.45) is 8.49. The molecule has 1 aromatic heterocycles. The molecule has 0 bridgehead atoms. The van der Waals surface area contributed by atoms with Gasteiger partial charge in [-0.05, 0) is 109 Å². The first kappa shape index (κ1) is 31.3. The molecule has 1 fully saturated rings. The van der Waals surface area contributed by atoms with E-state index in [1.807, 2.05) is 0 Å². The number of fused-ring (bicyclic) bond motifs is 11. The number of aryl methyl sites for hydroxylation is 2. The number of anilines is 4. The van der Waals surface area contributed by atoms with Gasteiger partial charge in [-0.1, -0.05) is 118 Å². The lowest BCUT2D eigenvalue weighted by atomic mass is 9.43. The van der Waals surface area contributed by atoms with Gasteiger partial charge in [0, 0.05) is 50.1 Å². The van der Waals surface area contributed by atoms with Crippen molar-refractivity contribution < 1.29 is 4.42 Å². The molecule has 0 saturated heterocycles. The number of nitrogens with zero attached hydrogens (tertiary/aromatic N) is 2. The predicted molar refractivity (Wildman–Crippen MR) is 224 cm³/mol. The molecule has 1 aliphatic carbocycles. The smallest absolute Gasteiger partial charge is 0.333 e. The summed E-state index contributed by atoms with van der Waals surface area (Å²) < 4.78 is 6.95. The predicted octanol–water partition coefficient (Wildman–Crippen LogP) is 11.9. The molecule has 2 unspecified atom stereocenters. The molecule has 53 heavy (non-hydrogen) atoms. The number of benzene rings is 6. The molecular formula is C49H45BN2O. The molecular weight excluding hydrogens is 643 g/mol. The van der Waals surface area contributed by atoms with Crippen molar-refractivity contribution in [3.05, 3.63) is 132 Å². The largest absolute Gasteiger partial charge is 0.455 e. The van der Waals surface area contributed by atoms with Crippen molar-refractivity contribution in [1.82, 2.24) is 0 Å². The van der Waals surface area contributed by atoms with Crippen LogP contribution in [0.15, 0.2) is 120 Å². The summed E-state index contributed by atoms with van der Waals surface area (Å²) in [7, 11) is 0. The Bertz CT molecular complexity index is 2640. The third-order valence-electron chi connectivity index (χ3n) is 13.8. The molecule has 0 spiro atoms. The van der Waals surface area contributed by atoms with Gasteiger partial charge in [0.1, 0.15) is 11.2 Å². The lowest BCUT2D eigenvalue weighted by molar-refractivity contribution is 0.195. The van der Waals surface area contributed by atoms with E-state index in [1.54, 1.807) is 5.56 Å². The molecule has 11 rings (SSSR count). The van der Waals surface area contributed by atoms with Crippen molar-refractivity contribution in [2.45, 2.75) is 83.6 Å². The zero-order valence-corrected chi connectivity index (χ0v) is 31.3. The number of para-hydroxylation sites is 2. The van der Waals surface area contributed by atoms with Gasteiger partial charge in [0.05, 0.1) is 5.54 Å². The quantitative estimate of drug-likeness (QED) is 0.168. The van der Waals surface area contributed by atoms with Gasteiger partial charge < -0.3 is 14.1 Å². The third kappa shape index (κ3) is 4.07. The Morgan fingerprint density at radius 1 is 0.736 bits per heavy atom. The minimum absolute atomic E-state index is 0.00119. The lowest BCUT2D eigenvalue weighted by Gasteiger charge is -2.53. The van der Waals surface area contributed by atoms with E-state index in [4.69, 9.17) is 4.42 Å². The van der Waals surface area contributed by atoms with Gasteiger partial charge in [-0.15, -0.1) is 0 Å². The number of hydrogen-bond donors (Lipinski definition) is 0. The first-order chi connectivity index (χ1) is 25.9. The van der Waals surface area contributed by atoms with Crippen molar-refractivity contribution in [3.63, 3.8) is 0 Å². The topological polar surface area (TPSA) is 19.6 Å². The van der Waals surface area contributed by atoms with Crippen LogP contribution in [0.5, 0.6) is 0 Å². The second kappa shape index (κ2) is 11.2. The van der Waals surface area contributed by atoms with Crippen LogP contribution < -0.4 is 20.6 Å². The van der Waals surface area contributed by atoms with E-state index in [0.29, 0.717) is 0 Å². The van der Waals surface area contributed by atoms with Crippen molar-refractivity contribution >= 4 is 62.5 Å². The SMILES string of the molecule is CCCCc1cc2c3c(c1)C1(C)CCCCC1(C)N3c1cc(C)cc3c1B2N(c1ccccc1-c1ccccc1)c1ccc2c(oc4ccccc42)c1-3. The molecule has 1 saturated carbocycles. The maximum Gasteiger partial charge on any atom is 0.333 e. The third-order valence-corrected chi connectivity index (χ3v) is 13.8. The van der Waals surface area contributed by atoms with E-state index >= 15 is 0 Å². The van der Waals surface area contributed by atoms with E-state index in [2.05, 4.69) is 153 Å². The summed E-state index contributed by atoms with van der Waals surface area (Å²) in [5.74, 6) is 0. The standard InChI is InChI=1S/C49H45BN2O/c1-5-6-16-32-29-38-46-39(30-32)50-45-37(27-31(2)28-42(45)51(46)49(4)26-15-14-25-48(38,49)3)44-41(24-23-36-35-20-11-13-22-43(35)53-47(36)44)52(50)40-21-12-10-19-34(40)33-17-8-7-9-18-33/h7-13,17-24,27-30H,5-6,14-16,25-26H2,1-4H3. The van der Waals surface area contributed by atoms with Crippen molar-refractivity contribution in [2.24, 2.45) is 0 Å². The highest BCUT2D eigenvalue weighted by molar-refractivity contribution is 6.94. The van der Waals surface area contributed by atoms with Gasteiger partial charge in [0.15, 0.2) is 0 Å². The first-order valence-electron chi connectivity index (χ1n) is 19.9. The Morgan fingerprint density at radius 2 is 1.53 bits per heavy atom. The highest BCUT2D eigenvalue weighted by Gasteiger charge is 2.62. The second-order valence-electron chi connectivity index (χ2n) is 16.7. The molecule has 4 aliphatic rings. The summed E-state index contributed by atoms with van der Waals surface area (Å²) in [5.41, 5.74) is 19.5. The summed E-state index contributed by atoms with van der Waals surface area (Å²) >= 11 is 0. The highest BCUT2D eigenvalue weighted by Crippen LogP contribution is 2.62. The zero-order valence-electron chi connectivity index (χ0n) is 31.3. The molecule has 3 nitrogen and oxygen atoms in total. The normalized spacial score (nSPS) is 20.8. The van der Waals surface area contributed by atoms with Gasteiger partial charge in [0.2, 0.25) is 0 Å². The van der Waals surface area contributed by atoms with Crippen LogP contribution in [-0.2, 0) is 11.8 Å². The van der Waals surface area contributed by atoms with E-state index < -0.39 is 0 Å². The highest BCUT2D eigenvalue weighted by atomic mass is 16.3. The Labute approximate surface area is 313 Å². The van der Waals surface area contributed by atoms with Gasteiger partial charge in [-0.25, -0.2) is 0 Å². The zero-order chi connectivity index (χ0) is 35.6. The molecule has 0 radical (unpaired) electrons. The van der Waals surface area contributed by atoms with Crippen molar-refractivity contribution in [1.29, 1.82) is 0 Å². The van der Waals surface area contributed by atoms with Gasteiger partial charge in [-0.3, -0.25) is 0 Å². The molecule has 6 aromatic carbocycles. The fourth-order valence-corrected chi connectivity index (χ4v) is 11.1. The molecule has 3 aliphatic heterocycles. The summed E-state index contributed by atoms with van der Waals surface area (Å²) in [4.78, 5) is 5.56. The monoisotopic (exact) mass is 688 g/mol. The summed E-state index contributed by atoms with van der Waals surface area (Å²) in [6, 6.07) is 43.5. The minimum Gasteiger partial charge on any atom is -0.455 e. The molecule has 260 valence electrons. The average molecular weight is 689 g/mol. The Kier molecular flexibility index (Phi) is 6.59. The van der Waals surface area contributed by atoms with Gasteiger partial charge in [-0.2, -0.15) is 0 Å². The van der Waals surface area contributed by atoms with Gasteiger partial charge >= 0.3 is 6.85 Å². The molecule has 0 amide bonds. The number of rotatable bonds is 5. The van der Waals surface area contributed by atoms with Crippen LogP contribution in [0.25, 0.3) is 44.2 Å². The number of hydrogen-bond acceptors (Lipinski definition) is 3. The van der Waals surface area contributed by atoms with Crippen LogP contribution in [0.3, 0.4) is 0 Å². The first-order valence-corrected chi connectivity index (χ1v) is 19.9. The number of furan rings is 1. The summed E-state index contributed by atoms with van der Waals surface area (Å²) in [6.45, 7) is 9.81.